The van der Waals surface area contributed by atoms with Gasteiger partial charge in [-0.2, -0.15) is 22.7 Å². The molecule has 11 heteroatoms. The lowest BCUT2D eigenvalue weighted by atomic mass is 10.0. The molecule has 1 aliphatic heterocycles. The number of nitrogens with zero attached hydrogens (tertiary/aromatic N) is 2. The Balaban J connectivity index is 1.90. The van der Waals surface area contributed by atoms with Gasteiger partial charge in [-0.15, -0.1) is 0 Å². The Kier molecular flexibility index (Phi) is 5.77. The first kappa shape index (κ1) is 22.4. The number of hydrogen-bond donors (Lipinski definition) is 1. The van der Waals surface area contributed by atoms with Crippen molar-refractivity contribution in [3.8, 4) is 11.8 Å². The minimum Gasteiger partial charge on any atom is -0.486 e. The first-order valence-electron chi connectivity index (χ1n) is 8.61. The second-order valence-corrected chi connectivity index (χ2v) is 9.38. The van der Waals surface area contributed by atoms with Crippen molar-refractivity contribution < 1.29 is 31.4 Å². The first-order valence-corrected chi connectivity index (χ1v) is 10.4. The van der Waals surface area contributed by atoms with Crippen molar-refractivity contribution >= 4 is 21.6 Å². The van der Waals surface area contributed by atoms with E-state index in [0.29, 0.717) is 22.9 Å². The molecule has 1 N–H and O–H groups in total. The van der Waals surface area contributed by atoms with Crippen molar-refractivity contribution in [2.75, 3.05) is 13.1 Å². The number of nitriles is 1. The molecule has 6 nitrogen and oxygen atoms in total. The predicted molar refractivity (Wildman–Crippen MR) is 101 cm³/mol. The molecule has 0 spiro atoms. The summed E-state index contributed by atoms with van der Waals surface area (Å²) >= 11 is 5.81. The largest absolute Gasteiger partial charge is 0.486 e. The summed E-state index contributed by atoms with van der Waals surface area (Å²) in [5, 5.41) is 20.3. The molecular formula is C19H16ClF3N2O4S. The van der Waals surface area contributed by atoms with Crippen LogP contribution < -0.4 is 4.74 Å². The van der Waals surface area contributed by atoms with Gasteiger partial charge in [-0.25, -0.2) is 8.42 Å². The summed E-state index contributed by atoms with van der Waals surface area (Å²) in [6, 6.07) is 9.58. The fraction of sp³-hybridized carbons (Fsp3) is 0.316. The summed E-state index contributed by atoms with van der Waals surface area (Å²) in [6.07, 6.45) is -5.67. The molecule has 3 rings (SSSR count). The molecule has 160 valence electrons. The van der Waals surface area contributed by atoms with E-state index in [1.54, 1.807) is 24.3 Å². The van der Waals surface area contributed by atoms with Gasteiger partial charge in [0.1, 0.15) is 23.5 Å². The van der Waals surface area contributed by atoms with Crippen LogP contribution in [0.25, 0.3) is 0 Å². The Bertz CT molecular complexity index is 1100. The molecule has 1 heterocycles. The van der Waals surface area contributed by atoms with E-state index in [4.69, 9.17) is 16.3 Å². The number of ether oxygens (including phenoxy) is 1. The van der Waals surface area contributed by atoms with E-state index in [9.17, 15) is 32.0 Å². The van der Waals surface area contributed by atoms with Crippen molar-refractivity contribution in [2.24, 2.45) is 0 Å². The van der Waals surface area contributed by atoms with E-state index in [0.717, 1.165) is 10.4 Å². The maximum Gasteiger partial charge on any atom is 0.416 e. The summed E-state index contributed by atoms with van der Waals surface area (Å²) in [7, 11) is -4.36. The molecular weight excluding hydrogens is 445 g/mol. The maximum absolute atomic E-state index is 13.0. The summed E-state index contributed by atoms with van der Waals surface area (Å²) in [5.41, 5.74) is -3.34. The number of hydrogen-bond acceptors (Lipinski definition) is 5. The molecule has 0 unspecified atom stereocenters. The van der Waals surface area contributed by atoms with Crippen LogP contribution in [0.2, 0.25) is 5.02 Å². The van der Waals surface area contributed by atoms with Crippen LogP contribution in [0.5, 0.6) is 5.75 Å². The van der Waals surface area contributed by atoms with Gasteiger partial charge in [-0.1, -0.05) is 11.6 Å². The van der Waals surface area contributed by atoms with Gasteiger partial charge in [0.15, 0.2) is 0 Å². The highest BCUT2D eigenvalue weighted by Gasteiger charge is 2.48. The van der Waals surface area contributed by atoms with Gasteiger partial charge < -0.3 is 9.84 Å². The summed E-state index contributed by atoms with van der Waals surface area (Å²) in [5.74, 6) is 0.358. The van der Waals surface area contributed by atoms with E-state index >= 15 is 0 Å². The second kappa shape index (κ2) is 7.74. The Morgan fingerprint density at radius 2 is 1.90 bits per heavy atom. The molecule has 2 aromatic carbocycles. The fourth-order valence-electron chi connectivity index (χ4n) is 3.09. The molecule has 0 aliphatic carbocycles. The van der Waals surface area contributed by atoms with Crippen molar-refractivity contribution in [1.29, 1.82) is 5.26 Å². The molecule has 1 saturated heterocycles. The quantitative estimate of drug-likeness (QED) is 0.754. The number of aliphatic hydroxyl groups is 1. The molecule has 1 aliphatic rings. The van der Waals surface area contributed by atoms with Gasteiger partial charge in [-0.3, -0.25) is 0 Å². The van der Waals surface area contributed by atoms with E-state index in [1.165, 1.54) is 13.0 Å². The van der Waals surface area contributed by atoms with Gasteiger partial charge in [0.2, 0.25) is 10.0 Å². The lowest BCUT2D eigenvalue weighted by molar-refractivity contribution is -0.137. The molecule has 0 radical (unpaired) electrons. The lowest BCUT2D eigenvalue weighted by Crippen LogP contribution is -2.41. The number of benzene rings is 2. The molecule has 1 fully saturated rings. The Morgan fingerprint density at radius 1 is 1.27 bits per heavy atom. The van der Waals surface area contributed by atoms with E-state index < -0.39 is 43.9 Å². The normalized spacial score (nSPS) is 22.6. The minimum atomic E-state index is -4.72. The summed E-state index contributed by atoms with van der Waals surface area (Å²) in [4.78, 5) is -0.569. The first-order chi connectivity index (χ1) is 13.8. The van der Waals surface area contributed by atoms with Crippen molar-refractivity contribution in [3.05, 3.63) is 58.6 Å². The van der Waals surface area contributed by atoms with Crippen LogP contribution in [-0.2, 0) is 16.2 Å². The van der Waals surface area contributed by atoms with Crippen LogP contribution in [0.15, 0.2) is 47.4 Å². The number of rotatable bonds is 4. The molecule has 2 aromatic rings. The average Bonchev–Trinajstić information content (AvgIpc) is 2.97. The zero-order chi connectivity index (χ0) is 22.3. The number of alkyl halides is 3. The van der Waals surface area contributed by atoms with Crippen LogP contribution in [0.4, 0.5) is 13.2 Å². The minimum absolute atomic E-state index is 0.260. The molecule has 0 bridgehead atoms. The summed E-state index contributed by atoms with van der Waals surface area (Å²) in [6.45, 7) is 0.768. The highest BCUT2D eigenvalue weighted by atomic mass is 35.5. The average molecular weight is 461 g/mol. The highest BCUT2D eigenvalue weighted by molar-refractivity contribution is 7.89. The fourth-order valence-corrected chi connectivity index (χ4v) is 4.88. The van der Waals surface area contributed by atoms with E-state index in [-0.39, 0.29) is 13.1 Å². The molecule has 0 saturated carbocycles. The SMILES string of the molecule is C[C@@]1(O)CN(S(=O)(=O)c2ccc(C(F)(F)F)cc2C#N)C[C@@H]1Oc1ccc(Cl)cc1. The van der Waals surface area contributed by atoms with Crippen LogP contribution in [0, 0.1) is 11.3 Å². The predicted octanol–water partition coefficient (Wildman–Crippen LogP) is 3.43. The van der Waals surface area contributed by atoms with E-state index in [2.05, 4.69) is 0 Å². The van der Waals surface area contributed by atoms with Crippen LogP contribution >= 0.6 is 11.6 Å². The maximum atomic E-state index is 13.0. The van der Waals surface area contributed by atoms with Gasteiger partial charge >= 0.3 is 6.18 Å². The van der Waals surface area contributed by atoms with Crippen molar-refractivity contribution in [3.63, 3.8) is 0 Å². The number of β-amino-alcohol motifs (C(OH)–C–C–N with tert-alkyl or cyclic N) is 1. The monoisotopic (exact) mass is 460 g/mol. The molecule has 0 amide bonds. The standard InChI is InChI=1S/C19H16ClF3N2O4S/c1-18(26)11-25(10-17(18)29-15-5-3-14(20)4-6-15)30(27,28)16-7-2-13(19(21,22)23)8-12(16)9-24/h2-8,17,26H,10-11H2,1H3/t17-,18+/m0/s1. The van der Waals surface area contributed by atoms with Crippen LogP contribution in [0.1, 0.15) is 18.1 Å². The van der Waals surface area contributed by atoms with Crippen LogP contribution in [0.3, 0.4) is 0 Å². The van der Waals surface area contributed by atoms with E-state index in [1.807, 2.05) is 0 Å². The summed E-state index contributed by atoms with van der Waals surface area (Å²) < 4.78 is 71.3. The van der Waals surface area contributed by atoms with Gasteiger partial charge in [0.25, 0.3) is 0 Å². The van der Waals surface area contributed by atoms with Gasteiger partial charge in [0, 0.05) is 11.6 Å². The third-order valence-corrected chi connectivity index (χ3v) is 6.82. The highest BCUT2D eigenvalue weighted by Crippen LogP contribution is 2.35. The zero-order valence-electron chi connectivity index (χ0n) is 15.5. The Morgan fingerprint density at radius 3 is 2.47 bits per heavy atom. The van der Waals surface area contributed by atoms with Crippen molar-refractivity contribution in [2.45, 2.75) is 29.7 Å². The number of sulfonamides is 1. The smallest absolute Gasteiger partial charge is 0.416 e. The molecule has 2 atom stereocenters. The topological polar surface area (TPSA) is 90.6 Å². The Labute approximate surface area is 176 Å². The zero-order valence-corrected chi connectivity index (χ0v) is 17.1. The third-order valence-electron chi connectivity index (χ3n) is 4.70. The second-order valence-electron chi connectivity index (χ2n) is 7.04. The number of halogens is 4. The molecule has 30 heavy (non-hydrogen) atoms. The third kappa shape index (κ3) is 4.39. The van der Waals surface area contributed by atoms with Crippen LogP contribution in [-0.4, -0.2) is 42.6 Å². The lowest BCUT2D eigenvalue weighted by Gasteiger charge is -2.24. The van der Waals surface area contributed by atoms with Gasteiger partial charge in [0.05, 0.1) is 22.6 Å². The van der Waals surface area contributed by atoms with Gasteiger partial charge in [-0.05, 0) is 49.4 Å². The Hall–Kier alpha value is -2.32. The van der Waals surface area contributed by atoms with Crippen molar-refractivity contribution in [1.82, 2.24) is 4.31 Å². The molecule has 0 aromatic heterocycles.